The number of carboxylic acid groups (broad SMARTS) is 2. The summed E-state index contributed by atoms with van der Waals surface area (Å²) in [5.41, 5.74) is 5.24. The Labute approximate surface area is 326 Å². The first-order chi connectivity index (χ1) is 26.5. The van der Waals surface area contributed by atoms with Crippen LogP contribution in [0.15, 0.2) is 36.4 Å². The highest BCUT2D eigenvalue weighted by Gasteiger charge is 2.41. The lowest BCUT2D eigenvalue weighted by molar-refractivity contribution is -0.200. The van der Waals surface area contributed by atoms with Gasteiger partial charge in [-0.25, -0.2) is 9.59 Å². The number of alkyl halides is 6. The van der Waals surface area contributed by atoms with Gasteiger partial charge in [-0.05, 0) is 69.0 Å². The second-order valence-corrected chi connectivity index (χ2v) is 13.9. The number of benzene rings is 2. The van der Waals surface area contributed by atoms with Crippen molar-refractivity contribution in [2.75, 3.05) is 69.5 Å². The molecule has 0 radical (unpaired) electrons. The lowest BCUT2D eigenvalue weighted by Crippen LogP contribution is -2.49. The molecule has 0 aliphatic carbocycles. The second kappa shape index (κ2) is 20.4. The van der Waals surface area contributed by atoms with Crippen molar-refractivity contribution in [1.29, 1.82) is 0 Å². The van der Waals surface area contributed by atoms with Gasteiger partial charge in [-0.2, -0.15) is 26.3 Å². The van der Waals surface area contributed by atoms with E-state index in [2.05, 4.69) is 25.0 Å². The average Bonchev–Trinajstić information content (AvgIpc) is 3.12. The Morgan fingerprint density at radius 3 is 1.42 bits per heavy atom. The Morgan fingerprint density at radius 2 is 1.05 bits per heavy atom. The lowest BCUT2D eigenvalue weighted by Gasteiger charge is -2.35. The zero-order valence-corrected chi connectivity index (χ0v) is 32.4. The van der Waals surface area contributed by atoms with Gasteiger partial charge in [-0.15, -0.1) is 0 Å². The lowest BCUT2D eigenvalue weighted by atomic mass is 10.1. The Balaban J connectivity index is 0.000000306. The number of hydrogen-bond acceptors (Lipinski definition) is 10. The number of anilines is 2. The van der Waals surface area contributed by atoms with Crippen LogP contribution in [-0.4, -0.2) is 143 Å². The van der Waals surface area contributed by atoms with Gasteiger partial charge in [-0.3, -0.25) is 19.4 Å². The fourth-order valence-corrected chi connectivity index (χ4v) is 5.67. The molecule has 3 atom stereocenters. The van der Waals surface area contributed by atoms with Crippen LogP contribution in [0.1, 0.15) is 43.0 Å². The van der Waals surface area contributed by atoms with E-state index in [9.17, 15) is 45.5 Å². The fourth-order valence-electron chi connectivity index (χ4n) is 5.67. The van der Waals surface area contributed by atoms with Crippen LogP contribution in [0.5, 0.6) is 0 Å². The first kappa shape index (κ1) is 46.4. The molecule has 2 aliphatic heterocycles. The minimum atomic E-state index is -4.58. The maximum Gasteiger partial charge on any atom is 0.425 e. The maximum atomic E-state index is 12.5. The van der Waals surface area contributed by atoms with E-state index >= 15 is 0 Å². The highest BCUT2D eigenvalue weighted by Crippen LogP contribution is 2.26. The molecule has 0 aromatic heterocycles. The number of carbonyl (C=O) groups is 4. The van der Waals surface area contributed by atoms with Crippen molar-refractivity contribution in [2.45, 2.75) is 78.3 Å². The Hall–Kier alpha value is -4.98. The van der Waals surface area contributed by atoms with Gasteiger partial charge < -0.3 is 40.1 Å². The number of piperazine rings is 2. The van der Waals surface area contributed by atoms with Crippen LogP contribution in [0, 0.1) is 13.8 Å². The summed E-state index contributed by atoms with van der Waals surface area (Å²) in [7, 11) is 0. The summed E-state index contributed by atoms with van der Waals surface area (Å²) in [6, 6.07) is 10.7. The highest BCUT2D eigenvalue weighted by atomic mass is 19.4. The zero-order chi connectivity index (χ0) is 42.7. The first-order valence-electron chi connectivity index (χ1n) is 18.2. The SMILES string of the molecule is Cc1ccc(CN2CCN(C(=O)OC(C)C(F)(F)F)CC2)c(NCC(=O)O)c1.Cc1ccc(CN2CCN(C(=O)OC(C)C(F)(F)F)CC2)c(N[C@@H](C)C(=O)O)c1. The number of hydrogen-bond donors (Lipinski definition) is 4. The molecule has 2 saturated heterocycles. The number of nitrogens with zero attached hydrogens (tertiary/aromatic N) is 4. The number of amides is 2. The first-order valence-corrected chi connectivity index (χ1v) is 18.2. The van der Waals surface area contributed by atoms with Gasteiger partial charge in [0, 0.05) is 76.8 Å². The van der Waals surface area contributed by atoms with Crippen LogP contribution in [-0.2, 0) is 32.2 Å². The number of ether oxygens (including phenoxy) is 2. The van der Waals surface area contributed by atoms with E-state index in [0.717, 1.165) is 47.5 Å². The minimum absolute atomic E-state index is 0.201. The standard InChI is InChI=1S/C19H26F3N3O4.C18H24F3N3O4/c1-12-4-5-15(16(10-12)23-13(2)17(26)27)11-24-6-8-25(9-7-24)18(28)29-14(3)19(20,21)22;1-12-3-4-14(15(9-12)22-10-16(25)26)11-23-5-7-24(8-6-23)17(27)28-13(2)18(19,20)21/h4-5,10,13-14,23H,6-9,11H2,1-3H3,(H,26,27);3-4,9,13,22H,5-8,10-11H2,1-2H3,(H,25,26)/t13-,14?;/m0./s1. The second-order valence-electron chi connectivity index (χ2n) is 13.9. The summed E-state index contributed by atoms with van der Waals surface area (Å²) in [6.07, 6.45) is -15.4. The molecule has 4 N–H and O–H groups in total. The Morgan fingerprint density at radius 1 is 0.667 bits per heavy atom. The van der Waals surface area contributed by atoms with E-state index in [1.807, 2.05) is 55.1 Å². The summed E-state index contributed by atoms with van der Waals surface area (Å²) < 4.78 is 84.1. The van der Waals surface area contributed by atoms with Crippen LogP contribution in [0.25, 0.3) is 0 Å². The van der Waals surface area contributed by atoms with E-state index in [1.54, 1.807) is 6.92 Å². The van der Waals surface area contributed by atoms with Crippen LogP contribution in [0.2, 0.25) is 0 Å². The van der Waals surface area contributed by atoms with Crippen molar-refractivity contribution in [1.82, 2.24) is 19.6 Å². The molecule has 2 amide bonds. The van der Waals surface area contributed by atoms with Gasteiger partial charge >= 0.3 is 36.5 Å². The normalized spacial score (nSPS) is 17.0. The van der Waals surface area contributed by atoms with E-state index < -0.39 is 54.7 Å². The van der Waals surface area contributed by atoms with Crippen molar-refractivity contribution in [2.24, 2.45) is 0 Å². The van der Waals surface area contributed by atoms with Gasteiger partial charge in [0.1, 0.15) is 12.6 Å². The minimum Gasteiger partial charge on any atom is -0.480 e. The molecule has 2 aromatic rings. The van der Waals surface area contributed by atoms with Crippen LogP contribution in [0.3, 0.4) is 0 Å². The monoisotopic (exact) mass is 820 g/mol. The molecule has 20 heteroatoms. The third-order valence-corrected chi connectivity index (χ3v) is 9.23. The summed E-state index contributed by atoms with van der Waals surface area (Å²) in [4.78, 5) is 52.4. The molecule has 2 fully saturated rings. The van der Waals surface area contributed by atoms with E-state index in [0.29, 0.717) is 39.3 Å². The van der Waals surface area contributed by atoms with Crippen LogP contribution < -0.4 is 10.6 Å². The Bertz CT molecular complexity index is 1680. The van der Waals surface area contributed by atoms with Gasteiger partial charge in [0.15, 0.2) is 12.2 Å². The molecule has 318 valence electrons. The Kier molecular flexibility index (Phi) is 16.6. The van der Waals surface area contributed by atoms with E-state index in [1.165, 1.54) is 9.80 Å². The van der Waals surface area contributed by atoms with Crippen LogP contribution >= 0.6 is 0 Å². The largest absolute Gasteiger partial charge is 0.480 e. The number of rotatable bonds is 12. The topological polar surface area (TPSA) is 164 Å². The van der Waals surface area contributed by atoms with E-state index in [-0.39, 0.29) is 32.7 Å². The molecule has 0 saturated carbocycles. The molecule has 2 aromatic carbocycles. The molecule has 0 bridgehead atoms. The molecular weight excluding hydrogens is 770 g/mol. The number of carbonyl (C=O) groups excluding carboxylic acids is 2. The molecule has 2 unspecified atom stereocenters. The fraction of sp³-hybridized carbons (Fsp3) is 0.568. The zero-order valence-electron chi connectivity index (χ0n) is 32.4. The van der Waals surface area contributed by atoms with Gasteiger partial charge in [0.05, 0.1) is 0 Å². The predicted molar refractivity (Wildman–Crippen MR) is 197 cm³/mol. The summed E-state index contributed by atoms with van der Waals surface area (Å²) in [6.45, 7) is 10.7. The summed E-state index contributed by atoms with van der Waals surface area (Å²) in [5, 5.41) is 23.9. The number of halogens is 6. The number of aliphatic carboxylic acids is 2. The highest BCUT2D eigenvalue weighted by molar-refractivity contribution is 5.77. The quantitative estimate of drug-likeness (QED) is 0.191. The third kappa shape index (κ3) is 15.1. The molecule has 2 heterocycles. The molecule has 57 heavy (non-hydrogen) atoms. The molecule has 14 nitrogen and oxygen atoms in total. The summed E-state index contributed by atoms with van der Waals surface area (Å²) in [5.74, 6) is -1.93. The molecule has 0 spiro atoms. The summed E-state index contributed by atoms with van der Waals surface area (Å²) >= 11 is 0. The molecular formula is C37H50F6N6O8. The van der Waals surface area contributed by atoms with E-state index in [4.69, 9.17) is 10.2 Å². The van der Waals surface area contributed by atoms with Crippen LogP contribution in [0.4, 0.5) is 47.3 Å². The number of nitrogens with one attached hydrogen (secondary N) is 2. The van der Waals surface area contributed by atoms with Gasteiger partial charge in [0.25, 0.3) is 0 Å². The van der Waals surface area contributed by atoms with Crippen molar-refractivity contribution in [3.63, 3.8) is 0 Å². The molecule has 2 aliphatic rings. The third-order valence-electron chi connectivity index (χ3n) is 9.23. The average molecular weight is 821 g/mol. The van der Waals surface area contributed by atoms with Crippen molar-refractivity contribution in [3.05, 3.63) is 58.7 Å². The van der Waals surface area contributed by atoms with Gasteiger partial charge in [-0.1, -0.05) is 24.3 Å². The van der Waals surface area contributed by atoms with Crippen molar-refractivity contribution in [3.8, 4) is 0 Å². The number of aryl methyl sites for hydroxylation is 2. The smallest absolute Gasteiger partial charge is 0.425 e. The predicted octanol–water partition coefficient (Wildman–Crippen LogP) is 5.78. The van der Waals surface area contributed by atoms with Crippen molar-refractivity contribution < 1.29 is 65.2 Å². The number of carboxylic acids is 2. The molecule has 4 rings (SSSR count). The van der Waals surface area contributed by atoms with Gasteiger partial charge in [0.2, 0.25) is 0 Å². The maximum absolute atomic E-state index is 12.5. The van der Waals surface area contributed by atoms with Crippen molar-refractivity contribution >= 4 is 35.5 Å².